The van der Waals surface area contributed by atoms with Gasteiger partial charge >= 0.3 is 0 Å². The first-order chi connectivity index (χ1) is 10.2. The topological polar surface area (TPSA) is 76.7 Å². The molecule has 114 valence electrons. The molecule has 2 N–H and O–H groups in total. The molecule has 1 aromatic rings. The second kappa shape index (κ2) is 9.55. The first kappa shape index (κ1) is 16.7. The maximum atomic E-state index is 11.8. The standard InChI is InChI=1S/C15H20N2O4/c1-3-9-21-13-6-4-12(5-7-13)15(19)17-11-14(18)16-8-10-20-2/h3-7H,1,8-11H2,2H3,(H,16,18)(H,17,19). The first-order valence-electron chi connectivity index (χ1n) is 6.55. The van der Waals surface area contributed by atoms with Gasteiger partial charge in [-0.2, -0.15) is 0 Å². The van der Waals surface area contributed by atoms with Gasteiger partial charge in [-0.3, -0.25) is 9.59 Å². The van der Waals surface area contributed by atoms with Crippen LogP contribution in [0, 0.1) is 0 Å². The van der Waals surface area contributed by atoms with Gasteiger partial charge in [-0.05, 0) is 24.3 Å². The number of carbonyl (C=O) groups is 2. The molecular weight excluding hydrogens is 272 g/mol. The van der Waals surface area contributed by atoms with Crippen molar-refractivity contribution in [3.8, 4) is 5.75 Å². The Balaban J connectivity index is 2.37. The van der Waals surface area contributed by atoms with Crippen molar-refractivity contribution in [1.29, 1.82) is 0 Å². The normalized spacial score (nSPS) is 9.76. The molecule has 0 aliphatic rings. The summed E-state index contributed by atoms with van der Waals surface area (Å²) in [5.74, 6) is 0.0854. The number of rotatable bonds is 9. The summed E-state index contributed by atoms with van der Waals surface area (Å²) in [7, 11) is 1.55. The highest BCUT2D eigenvalue weighted by Gasteiger charge is 2.07. The van der Waals surface area contributed by atoms with Crippen molar-refractivity contribution >= 4 is 11.8 Å². The van der Waals surface area contributed by atoms with Crippen molar-refractivity contribution in [2.24, 2.45) is 0 Å². The molecule has 2 amide bonds. The second-order valence-corrected chi connectivity index (χ2v) is 4.15. The van der Waals surface area contributed by atoms with E-state index in [-0.39, 0.29) is 18.4 Å². The molecule has 21 heavy (non-hydrogen) atoms. The fraction of sp³-hybridized carbons (Fsp3) is 0.333. The number of hydrogen-bond donors (Lipinski definition) is 2. The zero-order valence-corrected chi connectivity index (χ0v) is 12.1. The molecule has 0 saturated carbocycles. The van der Waals surface area contributed by atoms with Crippen LogP contribution in [-0.4, -0.2) is 45.2 Å². The number of amides is 2. The third kappa shape index (κ3) is 6.58. The predicted octanol–water partition coefficient (Wildman–Crippen LogP) is 0.744. The van der Waals surface area contributed by atoms with Crippen LogP contribution in [0.3, 0.4) is 0 Å². The van der Waals surface area contributed by atoms with Gasteiger partial charge in [-0.15, -0.1) is 0 Å². The summed E-state index contributed by atoms with van der Waals surface area (Å²) in [6.45, 7) is 4.75. The highest BCUT2D eigenvalue weighted by molar-refractivity contribution is 5.96. The van der Waals surface area contributed by atoms with Crippen molar-refractivity contribution in [2.45, 2.75) is 0 Å². The summed E-state index contributed by atoms with van der Waals surface area (Å²) in [5, 5.41) is 5.15. The van der Waals surface area contributed by atoms with E-state index in [1.807, 2.05) is 0 Å². The van der Waals surface area contributed by atoms with E-state index in [1.165, 1.54) is 0 Å². The third-order valence-corrected chi connectivity index (χ3v) is 2.52. The van der Waals surface area contributed by atoms with Gasteiger partial charge in [0.25, 0.3) is 5.91 Å². The Hall–Kier alpha value is -2.34. The smallest absolute Gasteiger partial charge is 0.251 e. The lowest BCUT2D eigenvalue weighted by Gasteiger charge is -2.07. The Morgan fingerprint density at radius 2 is 1.95 bits per heavy atom. The lowest BCUT2D eigenvalue weighted by molar-refractivity contribution is -0.120. The Labute approximate surface area is 124 Å². The van der Waals surface area contributed by atoms with Crippen LogP contribution in [0.15, 0.2) is 36.9 Å². The first-order valence-corrected chi connectivity index (χ1v) is 6.55. The highest BCUT2D eigenvalue weighted by atomic mass is 16.5. The molecule has 0 radical (unpaired) electrons. The van der Waals surface area contributed by atoms with Gasteiger partial charge in [-0.25, -0.2) is 0 Å². The van der Waals surface area contributed by atoms with E-state index in [0.717, 1.165) is 0 Å². The van der Waals surface area contributed by atoms with E-state index < -0.39 is 0 Å². The number of hydrogen-bond acceptors (Lipinski definition) is 4. The van der Waals surface area contributed by atoms with Crippen LogP contribution in [0.25, 0.3) is 0 Å². The van der Waals surface area contributed by atoms with Gasteiger partial charge in [0.1, 0.15) is 12.4 Å². The van der Waals surface area contributed by atoms with Crippen molar-refractivity contribution < 1.29 is 19.1 Å². The molecule has 1 rings (SSSR count). The number of nitrogens with one attached hydrogen (secondary N) is 2. The van der Waals surface area contributed by atoms with Gasteiger partial charge in [0, 0.05) is 19.2 Å². The Morgan fingerprint density at radius 3 is 2.57 bits per heavy atom. The average Bonchev–Trinajstić information content (AvgIpc) is 2.51. The highest BCUT2D eigenvalue weighted by Crippen LogP contribution is 2.11. The van der Waals surface area contributed by atoms with Crippen LogP contribution in [0.5, 0.6) is 5.75 Å². The maximum Gasteiger partial charge on any atom is 0.251 e. The molecule has 0 unspecified atom stereocenters. The molecule has 6 nitrogen and oxygen atoms in total. The summed E-state index contributed by atoms with van der Waals surface area (Å²) in [4.78, 5) is 23.2. The van der Waals surface area contributed by atoms with Crippen molar-refractivity contribution in [1.82, 2.24) is 10.6 Å². The average molecular weight is 292 g/mol. The Kier molecular flexibility index (Phi) is 7.60. The van der Waals surface area contributed by atoms with Crippen LogP contribution in [-0.2, 0) is 9.53 Å². The lowest BCUT2D eigenvalue weighted by atomic mass is 10.2. The SMILES string of the molecule is C=CCOc1ccc(C(=O)NCC(=O)NCCOC)cc1. The third-order valence-electron chi connectivity index (χ3n) is 2.52. The van der Waals surface area contributed by atoms with E-state index in [4.69, 9.17) is 9.47 Å². The quantitative estimate of drug-likeness (QED) is 0.520. The molecule has 0 fully saturated rings. The zero-order chi connectivity index (χ0) is 15.5. The molecule has 0 saturated heterocycles. The molecule has 0 aliphatic carbocycles. The van der Waals surface area contributed by atoms with E-state index >= 15 is 0 Å². The van der Waals surface area contributed by atoms with Gasteiger partial charge in [0.2, 0.25) is 5.91 Å². The van der Waals surface area contributed by atoms with Crippen molar-refractivity contribution in [2.75, 3.05) is 33.4 Å². The van der Waals surface area contributed by atoms with Crippen LogP contribution in [0.2, 0.25) is 0 Å². The zero-order valence-electron chi connectivity index (χ0n) is 12.1. The van der Waals surface area contributed by atoms with Gasteiger partial charge in [0.05, 0.1) is 13.2 Å². The van der Waals surface area contributed by atoms with Gasteiger partial charge in [-0.1, -0.05) is 12.7 Å². The lowest BCUT2D eigenvalue weighted by Crippen LogP contribution is -2.38. The molecule has 6 heteroatoms. The number of benzene rings is 1. The summed E-state index contributed by atoms with van der Waals surface area (Å²) in [6, 6.07) is 6.65. The van der Waals surface area contributed by atoms with Crippen LogP contribution in [0.4, 0.5) is 0 Å². The molecule has 0 aliphatic heterocycles. The Morgan fingerprint density at radius 1 is 1.24 bits per heavy atom. The van der Waals surface area contributed by atoms with E-state index in [0.29, 0.717) is 31.1 Å². The van der Waals surface area contributed by atoms with Crippen LogP contribution >= 0.6 is 0 Å². The summed E-state index contributed by atoms with van der Waals surface area (Å²) in [5.41, 5.74) is 0.464. The molecule has 1 aromatic carbocycles. The minimum Gasteiger partial charge on any atom is -0.490 e. The number of methoxy groups -OCH3 is 1. The predicted molar refractivity (Wildman–Crippen MR) is 79.4 cm³/mol. The molecule has 0 aromatic heterocycles. The second-order valence-electron chi connectivity index (χ2n) is 4.15. The Bertz CT molecular complexity index is 471. The fourth-order valence-corrected chi connectivity index (χ4v) is 1.48. The molecule has 0 spiro atoms. The molecule has 0 atom stereocenters. The summed E-state index contributed by atoms with van der Waals surface area (Å²) < 4.78 is 10.1. The molecular formula is C15H20N2O4. The van der Waals surface area contributed by atoms with E-state index in [1.54, 1.807) is 37.5 Å². The number of ether oxygens (including phenoxy) is 2. The minimum absolute atomic E-state index is 0.0722. The maximum absolute atomic E-state index is 11.8. The summed E-state index contributed by atoms with van der Waals surface area (Å²) in [6.07, 6.45) is 1.64. The van der Waals surface area contributed by atoms with Crippen LogP contribution < -0.4 is 15.4 Å². The largest absolute Gasteiger partial charge is 0.490 e. The van der Waals surface area contributed by atoms with Crippen molar-refractivity contribution in [3.05, 3.63) is 42.5 Å². The number of carbonyl (C=O) groups excluding carboxylic acids is 2. The van der Waals surface area contributed by atoms with Crippen LogP contribution in [0.1, 0.15) is 10.4 Å². The van der Waals surface area contributed by atoms with E-state index in [2.05, 4.69) is 17.2 Å². The molecule has 0 bridgehead atoms. The monoisotopic (exact) mass is 292 g/mol. The van der Waals surface area contributed by atoms with E-state index in [9.17, 15) is 9.59 Å². The van der Waals surface area contributed by atoms with Crippen molar-refractivity contribution in [3.63, 3.8) is 0 Å². The van der Waals surface area contributed by atoms with Gasteiger partial charge in [0.15, 0.2) is 0 Å². The minimum atomic E-state index is -0.313. The molecule has 0 heterocycles. The summed E-state index contributed by atoms with van der Waals surface area (Å²) >= 11 is 0. The van der Waals surface area contributed by atoms with Gasteiger partial charge < -0.3 is 20.1 Å². The fourth-order valence-electron chi connectivity index (χ4n) is 1.48.